The van der Waals surface area contributed by atoms with Gasteiger partial charge in [0.15, 0.2) is 9.84 Å². The second-order valence-corrected chi connectivity index (χ2v) is 9.62. The molecule has 116 valence electrons. The summed E-state index contributed by atoms with van der Waals surface area (Å²) in [6, 6.07) is 0. The summed E-state index contributed by atoms with van der Waals surface area (Å²) in [6.45, 7) is 6.23. The minimum atomic E-state index is -3.20. The van der Waals surface area contributed by atoms with Crippen LogP contribution in [0.2, 0.25) is 0 Å². The van der Waals surface area contributed by atoms with E-state index < -0.39 is 9.84 Å². The average molecular weight is 345 g/mol. The summed E-state index contributed by atoms with van der Waals surface area (Å²) in [5, 5.41) is 5.59. The summed E-state index contributed by atoms with van der Waals surface area (Å²) in [4.78, 5) is 8.65. The van der Waals surface area contributed by atoms with Gasteiger partial charge in [0.25, 0.3) is 0 Å². The van der Waals surface area contributed by atoms with Crippen molar-refractivity contribution in [3.63, 3.8) is 0 Å². The molecule has 0 aliphatic heterocycles. The molecule has 2 aromatic heterocycles. The standard InChI is InChI=1S/C14H20N2O2S3/c1-10(2)4-5-14-16-13(7-20-14)9-21(17,18)8-12-6-19-11(3)15-12/h6-7,10H,4-5,8-9H2,1-3H3. The zero-order valence-electron chi connectivity index (χ0n) is 12.5. The van der Waals surface area contributed by atoms with Gasteiger partial charge in [0.1, 0.15) is 0 Å². The molecule has 0 saturated heterocycles. The van der Waals surface area contributed by atoms with E-state index in [4.69, 9.17) is 0 Å². The van der Waals surface area contributed by atoms with E-state index >= 15 is 0 Å². The highest BCUT2D eigenvalue weighted by molar-refractivity contribution is 7.89. The van der Waals surface area contributed by atoms with Gasteiger partial charge in [0, 0.05) is 10.8 Å². The van der Waals surface area contributed by atoms with Crippen LogP contribution >= 0.6 is 22.7 Å². The highest BCUT2D eigenvalue weighted by Crippen LogP contribution is 2.18. The SMILES string of the molecule is Cc1nc(CS(=O)(=O)Cc2csc(CCC(C)C)n2)cs1. The number of hydrogen-bond acceptors (Lipinski definition) is 6. The van der Waals surface area contributed by atoms with Crippen LogP contribution in [0.4, 0.5) is 0 Å². The minimum Gasteiger partial charge on any atom is -0.246 e. The van der Waals surface area contributed by atoms with Gasteiger partial charge in [-0.2, -0.15) is 0 Å². The Balaban J connectivity index is 1.97. The molecule has 0 saturated carbocycles. The molecule has 0 atom stereocenters. The first kappa shape index (κ1) is 16.6. The van der Waals surface area contributed by atoms with Gasteiger partial charge in [-0.25, -0.2) is 18.4 Å². The molecule has 0 aliphatic rings. The topological polar surface area (TPSA) is 59.9 Å². The molecular weight excluding hydrogens is 324 g/mol. The first-order valence-corrected chi connectivity index (χ1v) is 10.5. The van der Waals surface area contributed by atoms with Gasteiger partial charge >= 0.3 is 0 Å². The summed E-state index contributed by atoms with van der Waals surface area (Å²) in [6.07, 6.45) is 2.01. The number of thiazole rings is 2. The fourth-order valence-electron chi connectivity index (χ4n) is 1.92. The number of sulfone groups is 1. The van der Waals surface area contributed by atoms with Gasteiger partial charge in [-0.15, -0.1) is 22.7 Å². The van der Waals surface area contributed by atoms with Crippen LogP contribution < -0.4 is 0 Å². The molecule has 2 rings (SSSR count). The number of aryl methyl sites for hydroxylation is 2. The van der Waals surface area contributed by atoms with Crippen molar-refractivity contribution in [3.8, 4) is 0 Å². The maximum absolute atomic E-state index is 12.2. The fourth-order valence-corrected chi connectivity index (χ4v) is 4.85. The minimum absolute atomic E-state index is 0.00174. The lowest BCUT2D eigenvalue weighted by Gasteiger charge is -2.01. The molecule has 0 N–H and O–H groups in total. The van der Waals surface area contributed by atoms with Crippen LogP contribution in [-0.4, -0.2) is 18.4 Å². The first-order chi connectivity index (χ1) is 9.84. The molecule has 0 radical (unpaired) electrons. The van der Waals surface area contributed by atoms with Crippen LogP contribution in [0.1, 0.15) is 41.7 Å². The molecule has 0 unspecified atom stereocenters. The van der Waals surface area contributed by atoms with E-state index in [2.05, 4.69) is 23.8 Å². The molecule has 0 spiro atoms. The van der Waals surface area contributed by atoms with Crippen molar-refractivity contribution in [2.45, 2.75) is 45.1 Å². The maximum atomic E-state index is 12.2. The number of nitrogens with zero attached hydrogens (tertiary/aromatic N) is 2. The fraction of sp³-hybridized carbons (Fsp3) is 0.571. The molecule has 4 nitrogen and oxygen atoms in total. The van der Waals surface area contributed by atoms with Crippen LogP contribution in [0.25, 0.3) is 0 Å². The first-order valence-electron chi connectivity index (χ1n) is 6.89. The summed E-state index contributed by atoms with van der Waals surface area (Å²) < 4.78 is 24.4. The summed E-state index contributed by atoms with van der Waals surface area (Å²) >= 11 is 3.03. The number of aromatic nitrogens is 2. The third-order valence-corrected chi connectivity index (χ3v) is 6.19. The number of rotatable bonds is 7. The monoisotopic (exact) mass is 344 g/mol. The lowest BCUT2D eigenvalue weighted by atomic mass is 10.1. The third-order valence-electron chi connectivity index (χ3n) is 2.94. The summed E-state index contributed by atoms with van der Waals surface area (Å²) in [7, 11) is -3.20. The number of hydrogen-bond donors (Lipinski definition) is 0. The molecule has 7 heteroatoms. The van der Waals surface area contributed by atoms with Crippen LogP contribution in [-0.2, 0) is 27.8 Å². The van der Waals surface area contributed by atoms with Crippen molar-refractivity contribution < 1.29 is 8.42 Å². The van der Waals surface area contributed by atoms with E-state index in [9.17, 15) is 8.42 Å². The lowest BCUT2D eigenvalue weighted by Crippen LogP contribution is -2.08. The predicted molar refractivity (Wildman–Crippen MR) is 88.5 cm³/mol. The van der Waals surface area contributed by atoms with Crippen molar-refractivity contribution in [2.75, 3.05) is 0 Å². The van der Waals surface area contributed by atoms with Crippen LogP contribution in [0.5, 0.6) is 0 Å². The van der Waals surface area contributed by atoms with E-state index in [1.54, 1.807) is 11.3 Å². The van der Waals surface area contributed by atoms with Gasteiger partial charge < -0.3 is 0 Å². The van der Waals surface area contributed by atoms with Gasteiger partial charge in [-0.3, -0.25) is 0 Å². The second kappa shape index (κ2) is 6.98. The van der Waals surface area contributed by atoms with Crippen LogP contribution in [0.15, 0.2) is 10.8 Å². The lowest BCUT2D eigenvalue weighted by molar-refractivity contribution is 0.584. The molecule has 0 aromatic carbocycles. The molecular formula is C14H20N2O2S3. The van der Waals surface area contributed by atoms with Gasteiger partial charge in [-0.1, -0.05) is 13.8 Å². The molecule has 2 aromatic rings. The zero-order valence-corrected chi connectivity index (χ0v) is 14.9. The Labute approximate surface area is 134 Å². The van der Waals surface area contributed by atoms with Crippen molar-refractivity contribution in [2.24, 2.45) is 5.92 Å². The van der Waals surface area contributed by atoms with Crippen molar-refractivity contribution in [3.05, 3.63) is 32.2 Å². The van der Waals surface area contributed by atoms with E-state index in [0.29, 0.717) is 17.3 Å². The summed E-state index contributed by atoms with van der Waals surface area (Å²) in [5.74, 6) is 0.631. The van der Waals surface area contributed by atoms with E-state index in [1.165, 1.54) is 11.3 Å². The van der Waals surface area contributed by atoms with Crippen molar-refractivity contribution in [1.29, 1.82) is 0 Å². The smallest absolute Gasteiger partial charge is 0.161 e. The van der Waals surface area contributed by atoms with Gasteiger partial charge in [0.2, 0.25) is 0 Å². The zero-order chi connectivity index (χ0) is 15.5. The second-order valence-electron chi connectivity index (χ2n) is 5.56. The molecule has 0 bridgehead atoms. The Kier molecular flexibility index (Phi) is 5.51. The van der Waals surface area contributed by atoms with Crippen LogP contribution in [0.3, 0.4) is 0 Å². The van der Waals surface area contributed by atoms with Crippen molar-refractivity contribution >= 4 is 32.5 Å². The Morgan fingerprint density at radius 3 is 2.29 bits per heavy atom. The maximum Gasteiger partial charge on any atom is 0.161 e. The Morgan fingerprint density at radius 2 is 1.71 bits per heavy atom. The molecule has 0 fully saturated rings. The van der Waals surface area contributed by atoms with Crippen LogP contribution in [0, 0.1) is 12.8 Å². The largest absolute Gasteiger partial charge is 0.246 e. The highest BCUT2D eigenvalue weighted by atomic mass is 32.2. The van der Waals surface area contributed by atoms with Crippen molar-refractivity contribution in [1.82, 2.24) is 9.97 Å². The highest BCUT2D eigenvalue weighted by Gasteiger charge is 2.17. The predicted octanol–water partition coefficient (Wildman–Crippen LogP) is 3.61. The Morgan fingerprint density at radius 1 is 1.10 bits per heavy atom. The summed E-state index contributed by atoms with van der Waals surface area (Å²) in [5.41, 5.74) is 1.29. The van der Waals surface area contributed by atoms with E-state index in [-0.39, 0.29) is 11.5 Å². The average Bonchev–Trinajstić information content (AvgIpc) is 2.95. The van der Waals surface area contributed by atoms with Gasteiger partial charge in [-0.05, 0) is 25.7 Å². The Bertz CT molecular complexity index is 687. The van der Waals surface area contributed by atoms with E-state index in [1.807, 2.05) is 17.7 Å². The van der Waals surface area contributed by atoms with Gasteiger partial charge in [0.05, 0.1) is 32.9 Å². The van der Waals surface area contributed by atoms with E-state index in [0.717, 1.165) is 22.9 Å². The molecule has 0 amide bonds. The Hall–Kier alpha value is -0.790. The third kappa shape index (κ3) is 5.48. The molecule has 21 heavy (non-hydrogen) atoms. The normalized spacial score (nSPS) is 12.2. The molecule has 2 heterocycles. The quantitative estimate of drug-likeness (QED) is 0.770. The molecule has 0 aliphatic carbocycles.